The molecule has 2 fully saturated rings. The Kier molecular flexibility index (Phi) is 5.33. The van der Waals surface area contributed by atoms with Crippen molar-refractivity contribution >= 4 is 17.4 Å². The molecule has 3 heterocycles. The third kappa shape index (κ3) is 4.21. The zero-order valence-electron chi connectivity index (χ0n) is 12.8. The Morgan fingerprint density at radius 3 is 3.00 bits per heavy atom. The van der Waals surface area contributed by atoms with Gasteiger partial charge in [0.25, 0.3) is 0 Å². The number of nitrogens with one attached hydrogen (secondary N) is 2. The van der Waals surface area contributed by atoms with Crippen LogP contribution in [0, 0.1) is 0 Å². The maximum atomic E-state index is 12.0. The summed E-state index contributed by atoms with van der Waals surface area (Å²) in [6.07, 6.45) is 4.54. The molecule has 22 heavy (non-hydrogen) atoms. The normalized spacial score (nSPS) is 24.1. The number of hydrogen-bond donors (Lipinski definition) is 2. The largest absolute Gasteiger partial charge is 0.381 e. The maximum Gasteiger partial charge on any atom is 0.315 e. The van der Waals surface area contributed by atoms with Gasteiger partial charge in [0.15, 0.2) is 0 Å². The Labute approximate surface area is 135 Å². The van der Waals surface area contributed by atoms with Crippen molar-refractivity contribution in [1.82, 2.24) is 10.6 Å². The molecule has 5 nitrogen and oxygen atoms in total. The minimum atomic E-state index is -0.0783. The second-order valence-corrected chi connectivity index (χ2v) is 6.90. The molecule has 2 saturated heterocycles. The smallest absolute Gasteiger partial charge is 0.315 e. The first-order valence-electron chi connectivity index (χ1n) is 8.03. The van der Waals surface area contributed by atoms with Crippen molar-refractivity contribution in [2.75, 3.05) is 26.4 Å². The van der Waals surface area contributed by atoms with Crippen molar-refractivity contribution in [1.29, 1.82) is 0 Å². The average Bonchev–Trinajstić information content (AvgIpc) is 3.01. The van der Waals surface area contributed by atoms with E-state index in [1.165, 1.54) is 5.56 Å². The molecule has 1 aromatic rings. The van der Waals surface area contributed by atoms with Crippen LogP contribution in [0.4, 0.5) is 4.79 Å². The van der Waals surface area contributed by atoms with E-state index in [1.54, 1.807) is 11.3 Å². The van der Waals surface area contributed by atoms with E-state index < -0.39 is 0 Å². The van der Waals surface area contributed by atoms with Gasteiger partial charge in [0.1, 0.15) is 0 Å². The van der Waals surface area contributed by atoms with Gasteiger partial charge in [-0.05, 0) is 54.5 Å². The third-order valence-corrected chi connectivity index (χ3v) is 5.24. The fraction of sp³-hybridized carbons (Fsp3) is 0.688. The van der Waals surface area contributed by atoms with Crippen LogP contribution in [0.3, 0.4) is 0 Å². The number of carbonyl (C=O) groups excluding carboxylic acids is 1. The van der Waals surface area contributed by atoms with Gasteiger partial charge in [-0.3, -0.25) is 0 Å². The van der Waals surface area contributed by atoms with Crippen molar-refractivity contribution in [3.05, 3.63) is 22.4 Å². The van der Waals surface area contributed by atoms with Gasteiger partial charge in [-0.25, -0.2) is 4.79 Å². The summed E-state index contributed by atoms with van der Waals surface area (Å²) in [7, 11) is 0. The maximum absolute atomic E-state index is 12.0. The summed E-state index contributed by atoms with van der Waals surface area (Å²) in [5.74, 6) is 0. The van der Waals surface area contributed by atoms with Gasteiger partial charge in [-0.2, -0.15) is 11.3 Å². The number of carbonyl (C=O) groups is 1. The van der Waals surface area contributed by atoms with E-state index in [4.69, 9.17) is 9.47 Å². The topological polar surface area (TPSA) is 59.6 Å². The highest BCUT2D eigenvalue weighted by Crippen LogP contribution is 2.34. The molecule has 2 aliphatic heterocycles. The predicted octanol–water partition coefficient (Wildman–Crippen LogP) is 2.32. The van der Waals surface area contributed by atoms with Crippen molar-refractivity contribution in [3.8, 4) is 0 Å². The molecule has 2 aliphatic rings. The summed E-state index contributed by atoms with van der Waals surface area (Å²) in [6, 6.07) is 2.23. The summed E-state index contributed by atoms with van der Waals surface area (Å²) in [4.78, 5) is 12.0. The lowest BCUT2D eigenvalue weighted by molar-refractivity contribution is -0.139. The summed E-state index contributed by atoms with van der Waals surface area (Å²) < 4.78 is 11.4. The molecule has 0 saturated carbocycles. The molecule has 1 atom stereocenters. The van der Waals surface area contributed by atoms with Gasteiger partial charge in [-0.15, -0.1) is 0 Å². The summed E-state index contributed by atoms with van der Waals surface area (Å²) in [6.45, 7) is 2.92. The Morgan fingerprint density at radius 1 is 1.36 bits per heavy atom. The summed E-state index contributed by atoms with van der Waals surface area (Å²) in [5.41, 5.74) is 1.20. The zero-order chi connectivity index (χ0) is 15.3. The van der Waals surface area contributed by atoms with Gasteiger partial charge in [0.2, 0.25) is 0 Å². The second kappa shape index (κ2) is 7.44. The van der Waals surface area contributed by atoms with Crippen LogP contribution in [0.25, 0.3) is 0 Å². The number of hydrogen-bond acceptors (Lipinski definition) is 4. The first kappa shape index (κ1) is 15.8. The minimum Gasteiger partial charge on any atom is -0.381 e. The van der Waals surface area contributed by atoms with Crippen LogP contribution >= 0.6 is 11.3 Å². The number of urea groups is 1. The van der Waals surface area contributed by atoms with Crippen molar-refractivity contribution < 1.29 is 14.3 Å². The average molecular weight is 324 g/mol. The Morgan fingerprint density at radius 2 is 2.23 bits per heavy atom. The molecule has 0 aliphatic carbocycles. The van der Waals surface area contributed by atoms with E-state index in [9.17, 15) is 4.79 Å². The molecule has 3 rings (SSSR count). The van der Waals surface area contributed by atoms with Crippen LogP contribution in [0.2, 0.25) is 0 Å². The zero-order valence-corrected chi connectivity index (χ0v) is 13.6. The molecule has 1 spiro atoms. The monoisotopic (exact) mass is 324 g/mol. The van der Waals surface area contributed by atoms with E-state index in [2.05, 4.69) is 27.5 Å². The highest BCUT2D eigenvalue weighted by molar-refractivity contribution is 7.07. The highest BCUT2D eigenvalue weighted by atomic mass is 32.1. The molecule has 1 unspecified atom stereocenters. The van der Waals surface area contributed by atoms with Gasteiger partial charge in [0.05, 0.1) is 5.60 Å². The van der Waals surface area contributed by atoms with Crippen LogP contribution < -0.4 is 10.6 Å². The number of amides is 2. The molecule has 1 aromatic heterocycles. The molecule has 122 valence electrons. The third-order valence-electron chi connectivity index (χ3n) is 4.51. The molecule has 6 heteroatoms. The fourth-order valence-electron chi connectivity index (χ4n) is 3.23. The lowest BCUT2D eigenvalue weighted by Gasteiger charge is -2.43. The molecule has 2 N–H and O–H groups in total. The highest BCUT2D eigenvalue weighted by Gasteiger charge is 2.39. The first-order chi connectivity index (χ1) is 10.8. The molecule has 0 radical (unpaired) electrons. The lowest BCUT2D eigenvalue weighted by Crippen LogP contribution is -2.52. The van der Waals surface area contributed by atoms with E-state index in [1.807, 2.05) is 0 Å². The fourth-order valence-corrected chi connectivity index (χ4v) is 3.94. The van der Waals surface area contributed by atoms with Crippen LogP contribution in [-0.4, -0.2) is 44.0 Å². The Hall–Kier alpha value is -1.11. The van der Waals surface area contributed by atoms with Crippen LogP contribution in [0.1, 0.15) is 31.2 Å². The molecular weight excluding hydrogens is 300 g/mol. The lowest BCUT2D eigenvalue weighted by atomic mass is 9.84. The first-order valence-corrected chi connectivity index (χ1v) is 8.97. The number of thiophene rings is 1. The number of rotatable bonds is 4. The van der Waals surface area contributed by atoms with E-state index >= 15 is 0 Å². The summed E-state index contributed by atoms with van der Waals surface area (Å²) >= 11 is 1.69. The molecular formula is C16H24N2O3S. The van der Waals surface area contributed by atoms with E-state index in [0.29, 0.717) is 6.54 Å². The van der Waals surface area contributed by atoms with E-state index in [-0.39, 0.29) is 17.7 Å². The quantitative estimate of drug-likeness (QED) is 0.893. The summed E-state index contributed by atoms with van der Waals surface area (Å²) in [5, 5.41) is 10.2. The predicted molar refractivity (Wildman–Crippen MR) is 86.3 cm³/mol. The molecule has 0 aromatic carbocycles. The van der Waals surface area contributed by atoms with Crippen molar-refractivity contribution in [2.24, 2.45) is 0 Å². The molecule has 2 amide bonds. The van der Waals surface area contributed by atoms with E-state index in [0.717, 1.165) is 51.9 Å². The van der Waals surface area contributed by atoms with Crippen molar-refractivity contribution in [3.63, 3.8) is 0 Å². The van der Waals surface area contributed by atoms with Gasteiger partial charge in [-0.1, -0.05) is 0 Å². The van der Waals surface area contributed by atoms with Gasteiger partial charge < -0.3 is 20.1 Å². The standard InChI is InChI=1S/C16H24N2O3S/c19-15(17-6-1-13-3-10-22-12-13)18-14-2-7-21-16(11-14)4-8-20-9-5-16/h3,10,12,14H,1-2,4-9,11H2,(H2,17,18,19). The minimum absolute atomic E-state index is 0.0654. The second-order valence-electron chi connectivity index (χ2n) is 6.12. The van der Waals surface area contributed by atoms with Crippen molar-refractivity contribution in [2.45, 2.75) is 43.7 Å². The molecule has 0 bridgehead atoms. The Bertz CT molecular complexity index is 466. The van der Waals surface area contributed by atoms with Crippen LogP contribution in [0.15, 0.2) is 16.8 Å². The SMILES string of the molecule is O=C(NCCc1ccsc1)NC1CCOC2(CCOCC2)C1. The van der Waals surface area contributed by atoms with Gasteiger partial charge in [0, 0.05) is 32.4 Å². The van der Waals surface area contributed by atoms with Crippen LogP contribution in [-0.2, 0) is 15.9 Å². The van der Waals surface area contributed by atoms with Gasteiger partial charge >= 0.3 is 6.03 Å². The number of ether oxygens (including phenoxy) is 2. The van der Waals surface area contributed by atoms with Crippen LogP contribution in [0.5, 0.6) is 0 Å². The Balaban J connectivity index is 1.40.